The molecular formula is C13H17FN2O2. The van der Waals surface area contributed by atoms with Crippen molar-refractivity contribution < 1.29 is 14.3 Å². The molecule has 2 atom stereocenters. The van der Waals surface area contributed by atoms with Crippen molar-refractivity contribution in [3.63, 3.8) is 0 Å². The van der Waals surface area contributed by atoms with Crippen molar-refractivity contribution in [3.05, 3.63) is 29.8 Å². The van der Waals surface area contributed by atoms with Gasteiger partial charge < -0.3 is 10.0 Å². The Balaban J connectivity index is 2.15. The molecule has 5 heteroatoms. The number of aliphatic hydroxyl groups is 1. The molecule has 1 N–H and O–H groups in total. The van der Waals surface area contributed by atoms with Crippen LogP contribution < -0.4 is 0 Å². The summed E-state index contributed by atoms with van der Waals surface area (Å²) in [6.07, 6.45) is 4.31. The summed E-state index contributed by atoms with van der Waals surface area (Å²) in [5.41, 5.74) is 0.0579. The van der Waals surface area contributed by atoms with Crippen LogP contribution >= 0.6 is 0 Å². The fourth-order valence-corrected chi connectivity index (χ4v) is 2.45. The van der Waals surface area contributed by atoms with E-state index in [9.17, 15) is 14.3 Å². The smallest absolute Gasteiger partial charge is 0.257 e. The van der Waals surface area contributed by atoms with Crippen LogP contribution in [-0.4, -0.2) is 39.6 Å². The second kappa shape index (κ2) is 5.44. The normalized spacial score (nSPS) is 21.1. The van der Waals surface area contributed by atoms with Gasteiger partial charge in [0.05, 0.1) is 17.9 Å². The van der Waals surface area contributed by atoms with Crippen LogP contribution in [0.2, 0.25) is 0 Å². The molecule has 98 valence electrons. The highest BCUT2D eigenvalue weighted by Crippen LogP contribution is 2.24. The number of carbonyl (C=O) groups is 1. The lowest BCUT2D eigenvalue weighted by atomic mass is 10.1. The quantitative estimate of drug-likeness (QED) is 0.889. The Morgan fingerprint density at radius 2 is 2.50 bits per heavy atom. The molecule has 18 heavy (non-hydrogen) atoms. The Morgan fingerprint density at radius 3 is 3.17 bits per heavy atom. The van der Waals surface area contributed by atoms with E-state index in [1.54, 1.807) is 11.8 Å². The predicted molar refractivity (Wildman–Crippen MR) is 64.6 cm³/mol. The van der Waals surface area contributed by atoms with E-state index in [1.807, 2.05) is 0 Å². The molecule has 0 radical (unpaired) electrons. The number of aromatic nitrogens is 1. The molecule has 2 heterocycles. The highest BCUT2D eigenvalue weighted by Gasteiger charge is 2.31. The summed E-state index contributed by atoms with van der Waals surface area (Å²) < 4.78 is 13.5. The van der Waals surface area contributed by atoms with Crippen LogP contribution in [0.4, 0.5) is 4.39 Å². The number of hydrogen-bond acceptors (Lipinski definition) is 3. The number of rotatable bonds is 3. The molecule has 1 saturated heterocycles. The van der Waals surface area contributed by atoms with Crippen molar-refractivity contribution in [3.8, 4) is 0 Å². The van der Waals surface area contributed by atoms with Crippen LogP contribution in [0.1, 0.15) is 36.5 Å². The number of aliphatic hydroxyl groups excluding tert-OH is 1. The monoisotopic (exact) mass is 252 g/mol. The molecule has 1 aromatic heterocycles. The molecule has 0 saturated carbocycles. The molecule has 0 bridgehead atoms. The van der Waals surface area contributed by atoms with E-state index in [2.05, 4.69) is 4.98 Å². The minimum atomic E-state index is -0.592. The first-order chi connectivity index (χ1) is 8.59. The molecule has 2 rings (SSSR count). The molecule has 1 fully saturated rings. The lowest BCUT2D eigenvalue weighted by molar-refractivity contribution is 0.0677. The fraction of sp³-hybridized carbons (Fsp3) is 0.538. The summed E-state index contributed by atoms with van der Waals surface area (Å²) in [5.74, 6) is -0.900. The SMILES string of the molecule is CC(O)CC1CCCN1C(=O)c1ccncc1F. The first-order valence-electron chi connectivity index (χ1n) is 6.18. The Hall–Kier alpha value is -1.49. The molecule has 2 unspecified atom stereocenters. The van der Waals surface area contributed by atoms with Crippen molar-refractivity contribution in [1.29, 1.82) is 0 Å². The van der Waals surface area contributed by atoms with Gasteiger partial charge in [0.25, 0.3) is 5.91 Å². The average Bonchev–Trinajstić information content (AvgIpc) is 2.76. The molecular weight excluding hydrogens is 235 g/mol. The van der Waals surface area contributed by atoms with Gasteiger partial charge in [-0.3, -0.25) is 9.78 Å². The van der Waals surface area contributed by atoms with Crippen molar-refractivity contribution in [2.75, 3.05) is 6.54 Å². The van der Waals surface area contributed by atoms with Crippen molar-refractivity contribution in [1.82, 2.24) is 9.88 Å². The Labute approximate surface area is 105 Å². The van der Waals surface area contributed by atoms with E-state index < -0.39 is 11.9 Å². The van der Waals surface area contributed by atoms with E-state index >= 15 is 0 Å². The van der Waals surface area contributed by atoms with Gasteiger partial charge in [-0.15, -0.1) is 0 Å². The predicted octanol–water partition coefficient (Wildman–Crippen LogP) is 1.60. The standard InChI is InChI=1S/C13H17FN2O2/c1-9(17)7-10-3-2-6-16(10)13(18)11-4-5-15-8-12(11)14/h4-5,8-10,17H,2-3,6-7H2,1H3. The number of nitrogens with zero attached hydrogens (tertiary/aromatic N) is 2. The number of pyridine rings is 1. The second-order valence-corrected chi connectivity index (χ2v) is 4.73. The maximum absolute atomic E-state index is 13.5. The molecule has 1 amide bonds. The van der Waals surface area contributed by atoms with E-state index in [0.29, 0.717) is 13.0 Å². The van der Waals surface area contributed by atoms with Gasteiger partial charge in [-0.25, -0.2) is 4.39 Å². The van der Waals surface area contributed by atoms with E-state index in [-0.39, 0.29) is 17.5 Å². The molecule has 0 spiro atoms. The number of halogens is 1. The Morgan fingerprint density at radius 1 is 1.72 bits per heavy atom. The largest absolute Gasteiger partial charge is 0.393 e. The Bertz CT molecular complexity index is 437. The van der Waals surface area contributed by atoms with Gasteiger partial charge in [-0.05, 0) is 32.3 Å². The molecule has 4 nitrogen and oxygen atoms in total. The van der Waals surface area contributed by atoms with Crippen LogP contribution in [0.3, 0.4) is 0 Å². The molecule has 0 aromatic carbocycles. The third kappa shape index (κ3) is 2.67. The maximum Gasteiger partial charge on any atom is 0.257 e. The van der Waals surface area contributed by atoms with E-state index in [4.69, 9.17) is 0 Å². The average molecular weight is 252 g/mol. The zero-order valence-electron chi connectivity index (χ0n) is 10.3. The van der Waals surface area contributed by atoms with E-state index in [0.717, 1.165) is 19.0 Å². The molecule has 1 aromatic rings. The van der Waals surface area contributed by atoms with E-state index in [1.165, 1.54) is 12.3 Å². The van der Waals surface area contributed by atoms with Gasteiger partial charge in [-0.1, -0.05) is 0 Å². The van der Waals surface area contributed by atoms with Crippen LogP contribution in [0.15, 0.2) is 18.5 Å². The van der Waals surface area contributed by atoms with Crippen LogP contribution in [0.5, 0.6) is 0 Å². The topological polar surface area (TPSA) is 53.4 Å². The first kappa shape index (κ1) is 13.0. The number of likely N-dealkylation sites (tertiary alicyclic amines) is 1. The van der Waals surface area contributed by atoms with Gasteiger partial charge >= 0.3 is 0 Å². The summed E-state index contributed by atoms with van der Waals surface area (Å²) in [5, 5.41) is 9.42. The van der Waals surface area contributed by atoms with Gasteiger partial charge in [0.2, 0.25) is 0 Å². The summed E-state index contributed by atoms with van der Waals surface area (Å²) in [4.78, 5) is 17.5. The number of carbonyl (C=O) groups excluding carboxylic acids is 1. The first-order valence-corrected chi connectivity index (χ1v) is 6.18. The fourth-order valence-electron chi connectivity index (χ4n) is 2.45. The van der Waals surface area contributed by atoms with Crippen molar-refractivity contribution in [2.24, 2.45) is 0 Å². The lowest BCUT2D eigenvalue weighted by Crippen LogP contribution is -2.37. The molecule has 1 aliphatic heterocycles. The summed E-state index contributed by atoms with van der Waals surface area (Å²) in [6, 6.07) is 1.40. The summed E-state index contributed by atoms with van der Waals surface area (Å²) in [7, 11) is 0. The highest BCUT2D eigenvalue weighted by molar-refractivity contribution is 5.94. The second-order valence-electron chi connectivity index (χ2n) is 4.73. The lowest BCUT2D eigenvalue weighted by Gasteiger charge is -2.25. The number of amides is 1. The molecule has 0 aliphatic carbocycles. The van der Waals surface area contributed by atoms with Gasteiger partial charge in [-0.2, -0.15) is 0 Å². The zero-order valence-corrected chi connectivity index (χ0v) is 10.3. The zero-order chi connectivity index (χ0) is 13.1. The van der Waals surface area contributed by atoms with Gasteiger partial charge in [0.1, 0.15) is 0 Å². The summed E-state index contributed by atoms with van der Waals surface area (Å²) in [6.45, 7) is 2.33. The van der Waals surface area contributed by atoms with Crippen LogP contribution in [-0.2, 0) is 0 Å². The minimum absolute atomic E-state index is 0.00469. The highest BCUT2D eigenvalue weighted by atomic mass is 19.1. The van der Waals surface area contributed by atoms with Crippen LogP contribution in [0.25, 0.3) is 0 Å². The summed E-state index contributed by atoms with van der Waals surface area (Å²) >= 11 is 0. The minimum Gasteiger partial charge on any atom is -0.393 e. The molecule has 1 aliphatic rings. The van der Waals surface area contributed by atoms with Crippen LogP contribution in [0, 0.1) is 5.82 Å². The van der Waals surface area contributed by atoms with Crippen molar-refractivity contribution >= 4 is 5.91 Å². The number of hydrogen-bond donors (Lipinski definition) is 1. The third-order valence-electron chi connectivity index (χ3n) is 3.25. The Kier molecular flexibility index (Phi) is 3.91. The van der Waals surface area contributed by atoms with Gasteiger partial charge in [0, 0.05) is 18.8 Å². The maximum atomic E-state index is 13.5. The third-order valence-corrected chi connectivity index (χ3v) is 3.25. The van der Waals surface area contributed by atoms with Gasteiger partial charge in [0.15, 0.2) is 5.82 Å². The van der Waals surface area contributed by atoms with Crippen molar-refractivity contribution in [2.45, 2.75) is 38.3 Å².